The highest BCUT2D eigenvalue weighted by molar-refractivity contribution is 5.88. The molecule has 2 unspecified atom stereocenters. The van der Waals surface area contributed by atoms with E-state index < -0.39 is 0 Å². The summed E-state index contributed by atoms with van der Waals surface area (Å²) in [5.74, 6) is 2.79. The van der Waals surface area contributed by atoms with Crippen LogP contribution >= 0.6 is 0 Å². The van der Waals surface area contributed by atoms with E-state index in [9.17, 15) is 9.59 Å². The molecule has 4 aliphatic rings. The van der Waals surface area contributed by atoms with Crippen LogP contribution in [0.3, 0.4) is 0 Å². The fourth-order valence-electron chi connectivity index (χ4n) is 6.93. The Morgan fingerprint density at radius 3 is 2.36 bits per heavy atom. The Kier molecular flexibility index (Phi) is 6.44. The van der Waals surface area contributed by atoms with Crippen LogP contribution in [0.15, 0.2) is 0 Å². The number of amides is 1. The number of piperidine rings is 1. The van der Waals surface area contributed by atoms with Crippen molar-refractivity contribution in [1.82, 2.24) is 10.2 Å². The fourth-order valence-corrected chi connectivity index (χ4v) is 6.93. The summed E-state index contributed by atoms with van der Waals surface area (Å²) in [6.45, 7) is 2.63. The van der Waals surface area contributed by atoms with E-state index in [1.807, 2.05) is 0 Å². The van der Waals surface area contributed by atoms with Gasteiger partial charge in [-0.2, -0.15) is 0 Å². The molecule has 2 heterocycles. The van der Waals surface area contributed by atoms with Gasteiger partial charge in [0, 0.05) is 18.0 Å². The minimum Gasteiger partial charge on any atom is -0.349 e. The summed E-state index contributed by atoms with van der Waals surface area (Å²) in [5, 5.41) is 3.12. The Labute approximate surface area is 171 Å². The second-order valence-electron chi connectivity index (χ2n) is 10.4. The maximum atomic E-state index is 13.3. The predicted octanol–water partition coefficient (Wildman–Crippen LogP) is 4.18. The number of carbonyl (C=O) groups excluding carboxylic acids is 2. The second-order valence-corrected chi connectivity index (χ2v) is 10.4. The highest BCUT2D eigenvalue weighted by Crippen LogP contribution is 2.48. The molecule has 0 aromatic heterocycles. The lowest BCUT2D eigenvalue weighted by Gasteiger charge is -2.46. The van der Waals surface area contributed by atoms with Crippen LogP contribution in [0.2, 0.25) is 0 Å². The van der Waals surface area contributed by atoms with Crippen molar-refractivity contribution in [2.75, 3.05) is 13.6 Å². The van der Waals surface area contributed by atoms with Crippen LogP contribution in [0.5, 0.6) is 0 Å². The predicted molar refractivity (Wildman–Crippen MR) is 112 cm³/mol. The summed E-state index contributed by atoms with van der Waals surface area (Å²) in [6.07, 6.45) is 14.4. The van der Waals surface area contributed by atoms with Gasteiger partial charge in [0.25, 0.3) is 0 Å². The maximum absolute atomic E-state index is 13.3. The summed E-state index contributed by atoms with van der Waals surface area (Å²) in [6, 6.07) is 1.05. The van der Waals surface area contributed by atoms with Crippen LogP contribution in [0.4, 0.5) is 0 Å². The zero-order chi connectivity index (χ0) is 19.7. The Morgan fingerprint density at radius 2 is 1.64 bits per heavy atom. The lowest BCUT2D eigenvalue weighted by molar-refractivity contribution is -0.135. The quantitative estimate of drug-likeness (QED) is 0.769. The van der Waals surface area contributed by atoms with Crippen LogP contribution in [0.1, 0.15) is 84.0 Å². The number of rotatable bonds is 5. The zero-order valence-corrected chi connectivity index (χ0v) is 18.0. The van der Waals surface area contributed by atoms with E-state index in [2.05, 4.69) is 24.2 Å². The summed E-state index contributed by atoms with van der Waals surface area (Å²) in [4.78, 5) is 28.4. The van der Waals surface area contributed by atoms with Crippen molar-refractivity contribution in [3.8, 4) is 0 Å². The summed E-state index contributed by atoms with van der Waals surface area (Å²) >= 11 is 0. The molecule has 4 fully saturated rings. The maximum Gasteiger partial charge on any atom is 0.225 e. The van der Waals surface area contributed by atoms with E-state index in [1.165, 1.54) is 57.8 Å². The molecule has 0 radical (unpaired) electrons. The minimum atomic E-state index is 0.0845. The van der Waals surface area contributed by atoms with Crippen LogP contribution in [-0.2, 0) is 9.59 Å². The SMILES string of the molecule is CC1CCC([C@H]2C[C@H]3CCC(C2C(=O)NCC(=O)C2CCCCC2)N3C)CC1. The highest BCUT2D eigenvalue weighted by atomic mass is 16.2. The van der Waals surface area contributed by atoms with Gasteiger partial charge in [0.15, 0.2) is 5.78 Å². The van der Waals surface area contributed by atoms with Gasteiger partial charge in [-0.1, -0.05) is 39.0 Å². The molecule has 2 saturated heterocycles. The third kappa shape index (κ3) is 4.17. The molecule has 4 atom stereocenters. The molecule has 2 aliphatic heterocycles. The van der Waals surface area contributed by atoms with Gasteiger partial charge in [-0.25, -0.2) is 0 Å². The van der Waals surface area contributed by atoms with Gasteiger partial charge in [-0.15, -0.1) is 0 Å². The van der Waals surface area contributed by atoms with Gasteiger partial charge in [0.2, 0.25) is 5.91 Å². The van der Waals surface area contributed by atoms with Crippen molar-refractivity contribution in [2.45, 2.75) is 96.1 Å². The van der Waals surface area contributed by atoms with E-state index in [0.29, 0.717) is 23.9 Å². The van der Waals surface area contributed by atoms with Crippen molar-refractivity contribution in [3.05, 3.63) is 0 Å². The summed E-state index contributed by atoms with van der Waals surface area (Å²) in [5.41, 5.74) is 0. The zero-order valence-electron chi connectivity index (χ0n) is 18.0. The van der Waals surface area contributed by atoms with Crippen LogP contribution in [0, 0.1) is 29.6 Å². The molecule has 4 heteroatoms. The van der Waals surface area contributed by atoms with E-state index in [1.54, 1.807) is 0 Å². The van der Waals surface area contributed by atoms with E-state index in [4.69, 9.17) is 0 Å². The standard InChI is InChI=1S/C24H40N2O2/c1-16-8-10-17(11-9-16)20-14-19-12-13-21(26(19)2)23(20)24(28)25-15-22(27)18-6-4-3-5-7-18/h16-21,23H,3-15H2,1-2H3,(H,25,28)/t16?,17?,19-,20-,21?,23?/m1/s1. The van der Waals surface area contributed by atoms with Gasteiger partial charge in [-0.3, -0.25) is 14.5 Å². The number of nitrogens with zero attached hydrogens (tertiary/aromatic N) is 1. The smallest absolute Gasteiger partial charge is 0.225 e. The number of nitrogens with one attached hydrogen (secondary N) is 1. The lowest BCUT2D eigenvalue weighted by Crippen LogP contribution is -2.55. The van der Waals surface area contributed by atoms with Gasteiger partial charge >= 0.3 is 0 Å². The Balaban J connectivity index is 1.41. The van der Waals surface area contributed by atoms with Crippen LogP contribution in [-0.4, -0.2) is 42.3 Å². The molecule has 4 nitrogen and oxygen atoms in total. The van der Waals surface area contributed by atoms with Crippen molar-refractivity contribution in [2.24, 2.45) is 29.6 Å². The molecule has 2 aliphatic carbocycles. The van der Waals surface area contributed by atoms with E-state index in [-0.39, 0.29) is 30.1 Å². The number of hydrogen-bond acceptors (Lipinski definition) is 3. The van der Waals surface area contributed by atoms with Gasteiger partial charge in [0.05, 0.1) is 12.5 Å². The van der Waals surface area contributed by atoms with E-state index >= 15 is 0 Å². The molecule has 1 N–H and O–H groups in total. The summed E-state index contributed by atoms with van der Waals surface area (Å²) in [7, 11) is 2.22. The van der Waals surface area contributed by atoms with Crippen molar-refractivity contribution in [3.63, 3.8) is 0 Å². The Hall–Kier alpha value is -0.900. The third-order valence-corrected chi connectivity index (χ3v) is 8.78. The minimum absolute atomic E-state index is 0.0845. The molecule has 158 valence electrons. The fraction of sp³-hybridized carbons (Fsp3) is 0.917. The van der Waals surface area contributed by atoms with Crippen LogP contribution in [0.25, 0.3) is 0 Å². The molecule has 2 saturated carbocycles. The van der Waals surface area contributed by atoms with E-state index in [0.717, 1.165) is 25.2 Å². The first-order valence-electron chi connectivity index (χ1n) is 12.1. The second kappa shape index (κ2) is 8.85. The third-order valence-electron chi connectivity index (χ3n) is 8.78. The number of fused-ring (bicyclic) bond motifs is 2. The Bertz CT molecular complexity index is 563. The van der Waals surface area contributed by atoms with Gasteiger partial charge in [0.1, 0.15) is 0 Å². The monoisotopic (exact) mass is 388 g/mol. The molecular weight excluding hydrogens is 348 g/mol. The highest BCUT2D eigenvalue weighted by Gasteiger charge is 2.50. The summed E-state index contributed by atoms with van der Waals surface area (Å²) < 4.78 is 0. The number of hydrogen-bond donors (Lipinski definition) is 1. The van der Waals surface area contributed by atoms with Gasteiger partial charge in [-0.05, 0) is 69.7 Å². The molecule has 4 rings (SSSR count). The normalized spacial score (nSPS) is 39.6. The molecule has 0 spiro atoms. The first-order chi connectivity index (χ1) is 13.5. The molecule has 1 amide bonds. The molecular formula is C24H40N2O2. The van der Waals surface area contributed by atoms with Gasteiger partial charge < -0.3 is 5.32 Å². The lowest BCUT2D eigenvalue weighted by atomic mass is 9.67. The molecule has 2 bridgehead atoms. The first kappa shape index (κ1) is 20.4. The number of Topliss-reactive ketones (excluding diaryl/α,β-unsaturated/α-hetero) is 1. The number of ketones is 1. The van der Waals surface area contributed by atoms with Crippen molar-refractivity contribution >= 4 is 11.7 Å². The molecule has 0 aromatic carbocycles. The van der Waals surface area contributed by atoms with Crippen molar-refractivity contribution in [1.29, 1.82) is 0 Å². The van der Waals surface area contributed by atoms with Crippen LogP contribution < -0.4 is 5.32 Å². The number of carbonyl (C=O) groups is 2. The Morgan fingerprint density at radius 1 is 0.929 bits per heavy atom. The molecule has 28 heavy (non-hydrogen) atoms. The first-order valence-corrected chi connectivity index (χ1v) is 12.1. The average Bonchev–Trinajstić information content (AvgIpc) is 2.95. The van der Waals surface area contributed by atoms with Crippen molar-refractivity contribution < 1.29 is 9.59 Å². The average molecular weight is 389 g/mol. The topological polar surface area (TPSA) is 49.4 Å². The largest absolute Gasteiger partial charge is 0.349 e. The molecule has 0 aromatic rings.